The summed E-state index contributed by atoms with van der Waals surface area (Å²) in [5, 5.41) is 5.09. The lowest BCUT2D eigenvalue weighted by Gasteiger charge is -2.05. The monoisotopic (exact) mass is 390 g/mol. The van der Waals surface area contributed by atoms with Crippen molar-refractivity contribution >= 4 is 37.5 Å². The van der Waals surface area contributed by atoms with Crippen molar-refractivity contribution in [3.05, 3.63) is 53.6 Å². The first-order valence-electron chi connectivity index (χ1n) is 8.07. The van der Waals surface area contributed by atoms with Crippen molar-refractivity contribution in [1.29, 1.82) is 0 Å². The summed E-state index contributed by atoms with van der Waals surface area (Å²) in [6.07, 6.45) is 1.84. The minimum atomic E-state index is -3.85. The van der Waals surface area contributed by atoms with Gasteiger partial charge in [0, 0.05) is 12.5 Å². The summed E-state index contributed by atoms with van der Waals surface area (Å²) < 4.78 is 28.5. The zero-order valence-corrected chi connectivity index (χ0v) is 15.8. The molecule has 0 aliphatic heterocycles. The van der Waals surface area contributed by atoms with Crippen LogP contribution in [0.2, 0.25) is 0 Å². The molecule has 1 aromatic heterocycles. The van der Waals surface area contributed by atoms with Gasteiger partial charge in [-0.15, -0.1) is 11.3 Å². The van der Waals surface area contributed by atoms with E-state index in [0.29, 0.717) is 22.4 Å². The summed E-state index contributed by atoms with van der Waals surface area (Å²) >= 11 is 0.944. The maximum absolute atomic E-state index is 12.1. The fourth-order valence-electron chi connectivity index (χ4n) is 2.44. The first-order valence-corrected chi connectivity index (χ1v) is 10.4. The van der Waals surface area contributed by atoms with E-state index in [-0.39, 0.29) is 16.7 Å². The number of sulfonamides is 1. The SMILES string of the molecule is CCc1ccc(CCC(=O)Oc2ccc3nc(S(N)(=O)=O)sc3c2)cc1. The van der Waals surface area contributed by atoms with Crippen LogP contribution < -0.4 is 9.88 Å². The lowest BCUT2D eigenvalue weighted by molar-refractivity contribution is -0.134. The van der Waals surface area contributed by atoms with Gasteiger partial charge in [0.2, 0.25) is 4.34 Å². The van der Waals surface area contributed by atoms with Gasteiger partial charge < -0.3 is 4.74 Å². The third-order valence-electron chi connectivity index (χ3n) is 3.86. The number of nitrogens with zero attached hydrogens (tertiary/aromatic N) is 1. The Hall–Kier alpha value is -2.29. The molecule has 0 unspecified atom stereocenters. The van der Waals surface area contributed by atoms with Crippen LogP contribution in [0.5, 0.6) is 5.75 Å². The molecule has 0 spiro atoms. The molecule has 6 nitrogen and oxygen atoms in total. The Bertz CT molecular complexity index is 1040. The van der Waals surface area contributed by atoms with Crippen molar-refractivity contribution in [2.45, 2.75) is 30.5 Å². The average Bonchev–Trinajstić information content (AvgIpc) is 3.04. The summed E-state index contributed by atoms with van der Waals surface area (Å²) in [4.78, 5) is 16.0. The number of hydrogen-bond donors (Lipinski definition) is 1. The molecule has 0 radical (unpaired) electrons. The Labute approximate surface area is 155 Å². The minimum Gasteiger partial charge on any atom is -0.426 e. The van der Waals surface area contributed by atoms with Gasteiger partial charge in [-0.25, -0.2) is 18.5 Å². The van der Waals surface area contributed by atoms with Crippen LogP contribution >= 0.6 is 11.3 Å². The summed E-state index contributed by atoms with van der Waals surface area (Å²) in [5.41, 5.74) is 2.83. The van der Waals surface area contributed by atoms with E-state index in [9.17, 15) is 13.2 Å². The van der Waals surface area contributed by atoms with Gasteiger partial charge >= 0.3 is 5.97 Å². The van der Waals surface area contributed by atoms with Crippen LogP contribution in [0.1, 0.15) is 24.5 Å². The normalized spacial score (nSPS) is 11.6. The molecule has 8 heteroatoms. The van der Waals surface area contributed by atoms with Crippen molar-refractivity contribution < 1.29 is 17.9 Å². The molecular weight excluding hydrogens is 372 g/mol. The van der Waals surface area contributed by atoms with Crippen molar-refractivity contribution in [3.8, 4) is 5.75 Å². The largest absolute Gasteiger partial charge is 0.426 e. The van der Waals surface area contributed by atoms with E-state index in [2.05, 4.69) is 24.0 Å². The number of primary sulfonamides is 1. The molecule has 3 rings (SSSR count). The van der Waals surface area contributed by atoms with Gasteiger partial charge in [-0.2, -0.15) is 0 Å². The molecule has 0 saturated heterocycles. The van der Waals surface area contributed by atoms with E-state index in [1.54, 1.807) is 18.2 Å². The maximum atomic E-state index is 12.1. The molecule has 0 bridgehead atoms. The fourth-order valence-corrected chi connectivity index (χ4v) is 4.12. The van der Waals surface area contributed by atoms with E-state index in [0.717, 1.165) is 23.3 Å². The molecule has 136 valence electrons. The quantitative estimate of drug-likeness (QED) is 0.515. The van der Waals surface area contributed by atoms with E-state index in [1.165, 1.54) is 5.56 Å². The topological polar surface area (TPSA) is 99.3 Å². The van der Waals surface area contributed by atoms with Gasteiger partial charge in [0.05, 0.1) is 10.2 Å². The first-order chi connectivity index (χ1) is 12.3. The lowest BCUT2D eigenvalue weighted by Crippen LogP contribution is -2.11. The number of benzene rings is 2. The second-order valence-corrected chi connectivity index (χ2v) is 8.56. The van der Waals surface area contributed by atoms with Crippen molar-refractivity contribution in [1.82, 2.24) is 4.98 Å². The second-order valence-electron chi connectivity index (χ2n) is 5.80. The van der Waals surface area contributed by atoms with Gasteiger partial charge in [0.1, 0.15) is 5.75 Å². The molecule has 0 aliphatic rings. The van der Waals surface area contributed by atoms with Gasteiger partial charge in [-0.05, 0) is 36.1 Å². The van der Waals surface area contributed by atoms with Gasteiger partial charge in [-0.1, -0.05) is 31.2 Å². The van der Waals surface area contributed by atoms with E-state index < -0.39 is 10.0 Å². The zero-order valence-electron chi connectivity index (χ0n) is 14.1. The van der Waals surface area contributed by atoms with E-state index in [1.807, 2.05) is 12.1 Å². The number of thiazole rings is 1. The molecule has 26 heavy (non-hydrogen) atoms. The van der Waals surface area contributed by atoms with Crippen molar-refractivity contribution in [2.75, 3.05) is 0 Å². The third-order valence-corrected chi connectivity index (χ3v) is 6.20. The number of fused-ring (bicyclic) bond motifs is 1. The molecule has 0 saturated carbocycles. The summed E-state index contributed by atoms with van der Waals surface area (Å²) in [5.74, 6) is 0.00792. The highest BCUT2D eigenvalue weighted by Crippen LogP contribution is 2.28. The molecular formula is C18H18N2O4S2. The number of hydrogen-bond acceptors (Lipinski definition) is 6. The van der Waals surface area contributed by atoms with Crippen LogP contribution in [-0.4, -0.2) is 19.4 Å². The van der Waals surface area contributed by atoms with E-state index in [4.69, 9.17) is 9.88 Å². The minimum absolute atomic E-state index is 0.161. The van der Waals surface area contributed by atoms with Crippen LogP contribution in [0.3, 0.4) is 0 Å². The molecule has 0 atom stereocenters. The summed E-state index contributed by atoms with van der Waals surface area (Å²) in [7, 11) is -3.85. The standard InChI is InChI=1S/C18H18N2O4S2/c1-2-12-3-5-13(6-4-12)7-10-17(21)24-14-8-9-15-16(11-14)25-18(20-15)26(19,22)23/h3-6,8-9,11H,2,7,10H2,1H3,(H2,19,22,23). The predicted molar refractivity (Wildman–Crippen MR) is 101 cm³/mol. The third kappa shape index (κ3) is 4.46. The smallest absolute Gasteiger partial charge is 0.311 e. The molecule has 0 fully saturated rings. The number of aromatic nitrogens is 1. The van der Waals surface area contributed by atoms with Crippen LogP contribution in [0.4, 0.5) is 0 Å². The zero-order chi connectivity index (χ0) is 18.7. The van der Waals surface area contributed by atoms with Crippen molar-refractivity contribution in [3.63, 3.8) is 0 Å². The van der Waals surface area contributed by atoms with Crippen LogP contribution in [0.25, 0.3) is 10.2 Å². The number of carbonyl (C=O) groups excluding carboxylic acids is 1. The highest BCUT2D eigenvalue weighted by molar-refractivity contribution is 7.91. The Morgan fingerprint density at radius 3 is 2.50 bits per heavy atom. The van der Waals surface area contributed by atoms with Crippen LogP contribution in [-0.2, 0) is 27.7 Å². The molecule has 2 aromatic carbocycles. The Balaban J connectivity index is 1.64. The van der Waals surface area contributed by atoms with Gasteiger partial charge in [0.25, 0.3) is 10.0 Å². The van der Waals surface area contributed by atoms with Crippen LogP contribution in [0.15, 0.2) is 46.8 Å². The van der Waals surface area contributed by atoms with Gasteiger partial charge in [0.15, 0.2) is 0 Å². The van der Waals surface area contributed by atoms with E-state index >= 15 is 0 Å². The molecule has 2 N–H and O–H groups in total. The average molecular weight is 390 g/mol. The lowest BCUT2D eigenvalue weighted by atomic mass is 10.1. The number of carbonyl (C=O) groups is 1. The predicted octanol–water partition coefficient (Wildman–Crippen LogP) is 3.04. The highest BCUT2D eigenvalue weighted by atomic mass is 32.2. The number of esters is 1. The fraction of sp³-hybridized carbons (Fsp3) is 0.222. The number of ether oxygens (including phenoxy) is 1. The molecule has 0 aliphatic carbocycles. The Morgan fingerprint density at radius 2 is 1.85 bits per heavy atom. The Morgan fingerprint density at radius 1 is 1.15 bits per heavy atom. The summed E-state index contributed by atoms with van der Waals surface area (Å²) in [6, 6.07) is 12.9. The highest BCUT2D eigenvalue weighted by Gasteiger charge is 2.15. The maximum Gasteiger partial charge on any atom is 0.311 e. The molecule has 1 heterocycles. The van der Waals surface area contributed by atoms with Crippen molar-refractivity contribution in [2.24, 2.45) is 5.14 Å². The number of nitrogens with two attached hydrogens (primary N) is 1. The number of rotatable bonds is 6. The van der Waals surface area contributed by atoms with Gasteiger partial charge in [-0.3, -0.25) is 4.79 Å². The second kappa shape index (κ2) is 7.53. The first kappa shape index (κ1) is 18.5. The summed E-state index contributed by atoms with van der Waals surface area (Å²) in [6.45, 7) is 2.10. The molecule has 0 amide bonds. The molecule has 3 aromatic rings. The number of aryl methyl sites for hydroxylation is 2. The van der Waals surface area contributed by atoms with Crippen LogP contribution in [0, 0.1) is 0 Å². The Kier molecular flexibility index (Phi) is 5.36.